The average Bonchev–Trinajstić information content (AvgIpc) is 2.88. The molecular formula is C28H30N2O3. The SMILES string of the molecule is O=C(NC(c1ccccc1)c1cccc(OCc2ccccc2)c1)O[C@H]1CN2CCC1CC2. The maximum absolute atomic E-state index is 13.0. The van der Waals surface area contributed by atoms with E-state index in [0.717, 1.165) is 54.9 Å². The summed E-state index contributed by atoms with van der Waals surface area (Å²) in [5.41, 5.74) is 3.07. The minimum Gasteiger partial charge on any atom is -0.489 e. The van der Waals surface area contributed by atoms with Gasteiger partial charge < -0.3 is 14.8 Å². The zero-order valence-electron chi connectivity index (χ0n) is 18.7. The highest BCUT2D eigenvalue weighted by molar-refractivity contribution is 5.69. The molecule has 1 N–H and O–H groups in total. The third-order valence-corrected chi connectivity index (χ3v) is 6.69. The van der Waals surface area contributed by atoms with Crippen molar-refractivity contribution < 1.29 is 14.3 Å². The van der Waals surface area contributed by atoms with Crippen molar-refractivity contribution in [3.8, 4) is 5.75 Å². The van der Waals surface area contributed by atoms with Gasteiger partial charge in [0.25, 0.3) is 0 Å². The largest absolute Gasteiger partial charge is 0.489 e. The molecule has 2 bridgehead atoms. The summed E-state index contributed by atoms with van der Waals surface area (Å²) in [5, 5.41) is 3.12. The van der Waals surface area contributed by atoms with Crippen LogP contribution in [-0.2, 0) is 11.3 Å². The number of piperidine rings is 3. The Kier molecular flexibility index (Phi) is 6.58. The molecule has 0 aromatic heterocycles. The van der Waals surface area contributed by atoms with E-state index >= 15 is 0 Å². The van der Waals surface area contributed by atoms with E-state index in [4.69, 9.17) is 9.47 Å². The number of rotatable bonds is 7. The van der Waals surface area contributed by atoms with Crippen LogP contribution in [0.4, 0.5) is 4.79 Å². The summed E-state index contributed by atoms with van der Waals surface area (Å²) in [6.45, 7) is 3.58. The van der Waals surface area contributed by atoms with E-state index in [2.05, 4.69) is 10.2 Å². The van der Waals surface area contributed by atoms with Crippen LogP contribution in [0.3, 0.4) is 0 Å². The summed E-state index contributed by atoms with van der Waals surface area (Å²) in [6.07, 6.45) is 1.84. The van der Waals surface area contributed by atoms with E-state index in [1.807, 2.05) is 84.9 Å². The van der Waals surface area contributed by atoms with Crippen LogP contribution in [0.1, 0.15) is 35.6 Å². The lowest BCUT2D eigenvalue weighted by Gasteiger charge is -2.43. The Balaban J connectivity index is 1.31. The van der Waals surface area contributed by atoms with Gasteiger partial charge in [-0.15, -0.1) is 0 Å². The standard InChI is InChI=1S/C28H30N2O3/c31-28(33-26-19-30-16-14-22(26)15-17-30)29-27(23-10-5-2-6-11-23)24-12-7-13-25(18-24)32-20-21-8-3-1-4-9-21/h1-13,18,22,26-27H,14-17,19-20H2,(H,29,31)/t26-,27?/m0/s1. The van der Waals surface area contributed by atoms with E-state index in [0.29, 0.717) is 12.5 Å². The molecule has 3 heterocycles. The van der Waals surface area contributed by atoms with E-state index in [1.54, 1.807) is 0 Å². The molecule has 2 atom stereocenters. The summed E-state index contributed by atoms with van der Waals surface area (Å²) in [4.78, 5) is 15.3. The van der Waals surface area contributed by atoms with Crippen molar-refractivity contribution in [2.75, 3.05) is 19.6 Å². The molecule has 0 spiro atoms. The predicted octanol–water partition coefficient (Wildman–Crippen LogP) is 5.18. The normalized spacial score (nSPS) is 22.4. The molecule has 1 amide bonds. The van der Waals surface area contributed by atoms with Gasteiger partial charge in [-0.25, -0.2) is 4.79 Å². The van der Waals surface area contributed by atoms with Crippen LogP contribution in [0.5, 0.6) is 5.75 Å². The second kappa shape index (κ2) is 10.1. The fourth-order valence-corrected chi connectivity index (χ4v) is 4.86. The second-order valence-corrected chi connectivity index (χ2v) is 8.92. The highest BCUT2D eigenvalue weighted by atomic mass is 16.6. The highest BCUT2D eigenvalue weighted by Gasteiger charge is 2.36. The average molecular weight is 443 g/mol. The number of carbonyl (C=O) groups is 1. The van der Waals surface area contributed by atoms with Crippen LogP contribution in [0, 0.1) is 5.92 Å². The molecule has 5 nitrogen and oxygen atoms in total. The van der Waals surface area contributed by atoms with Crippen LogP contribution >= 0.6 is 0 Å². The number of amides is 1. The Labute approximate surface area is 195 Å². The number of nitrogens with one attached hydrogen (secondary N) is 1. The molecule has 0 saturated carbocycles. The molecule has 33 heavy (non-hydrogen) atoms. The van der Waals surface area contributed by atoms with Crippen molar-refractivity contribution >= 4 is 6.09 Å². The Hall–Kier alpha value is -3.31. The first-order valence-electron chi connectivity index (χ1n) is 11.8. The smallest absolute Gasteiger partial charge is 0.408 e. The fourth-order valence-electron chi connectivity index (χ4n) is 4.86. The number of benzene rings is 3. The number of fused-ring (bicyclic) bond motifs is 3. The van der Waals surface area contributed by atoms with Crippen molar-refractivity contribution in [2.45, 2.75) is 31.6 Å². The van der Waals surface area contributed by atoms with Crippen LogP contribution in [-0.4, -0.2) is 36.7 Å². The summed E-state index contributed by atoms with van der Waals surface area (Å²) in [6, 6.07) is 27.7. The van der Waals surface area contributed by atoms with Crippen molar-refractivity contribution in [1.29, 1.82) is 0 Å². The third-order valence-electron chi connectivity index (χ3n) is 6.69. The van der Waals surface area contributed by atoms with Gasteiger partial charge >= 0.3 is 6.09 Å². The van der Waals surface area contributed by atoms with Crippen LogP contribution in [0.2, 0.25) is 0 Å². The van der Waals surface area contributed by atoms with E-state index in [-0.39, 0.29) is 18.2 Å². The predicted molar refractivity (Wildman–Crippen MR) is 128 cm³/mol. The maximum Gasteiger partial charge on any atom is 0.408 e. The Morgan fingerprint density at radius 2 is 1.61 bits per heavy atom. The first kappa shape index (κ1) is 21.5. The summed E-state index contributed by atoms with van der Waals surface area (Å²) < 4.78 is 11.9. The van der Waals surface area contributed by atoms with Gasteiger partial charge in [-0.2, -0.15) is 0 Å². The number of ether oxygens (including phenoxy) is 2. The van der Waals surface area contributed by atoms with Gasteiger partial charge in [-0.05, 0) is 60.7 Å². The zero-order chi connectivity index (χ0) is 22.5. The summed E-state index contributed by atoms with van der Waals surface area (Å²) >= 11 is 0. The number of hydrogen-bond acceptors (Lipinski definition) is 4. The Bertz CT molecular complexity index is 1050. The lowest BCUT2D eigenvalue weighted by Crippen LogP contribution is -2.52. The molecule has 6 rings (SSSR count). The van der Waals surface area contributed by atoms with Gasteiger partial charge in [0, 0.05) is 6.54 Å². The van der Waals surface area contributed by atoms with Gasteiger partial charge in [-0.1, -0.05) is 72.8 Å². The van der Waals surface area contributed by atoms with Crippen molar-refractivity contribution in [3.05, 3.63) is 102 Å². The van der Waals surface area contributed by atoms with Gasteiger partial charge in [-0.3, -0.25) is 4.90 Å². The Morgan fingerprint density at radius 3 is 2.30 bits per heavy atom. The Morgan fingerprint density at radius 1 is 0.909 bits per heavy atom. The van der Waals surface area contributed by atoms with Crippen LogP contribution < -0.4 is 10.1 Å². The zero-order valence-corrected chi connectivity index (χ0v) is 18.7. The molecule has 5 heteroatoms. The lowest BCUT2D eigenvalue weighted by molar-refractivity contribution is -0.0336. The number of hydrogen-bond donors (Lipinski definition) is 1. The molecule has 0 aliphatic carbocycles. The maximum atomic E-state index is 13.0. The molecular weight excluding hydrogens is 412 g/mol. The minimum atomic E-state index is -0.363. The monoisotopic (exact) mass is 442 g/mol. The van der Waals surface area contributed by atoms with Gasteiger partial charge in [0.15, 0.2) is 0 Å². The fraction of sp³-hybridized carbons (Fsp3) is 0.321. The van der Waals surface area contributed by atoms with Gasteiger partial charge in [0.1, 0.15) is 18.5 Å². The molecule has 0 radical (unpaired) electrons. The second-order valence-electron chi connectivity index (χ2n) is 8.92. The third kappa shape index (κ3) is 5.37. The minimum absolute atomic E-state index is 0.0236. The van der Waals surface area contributed by atoms with Crippen LogP contribution in [0.15, 0.2) is 84.9 Å². The molecule has 170 valence electrons. The number of nitrogens with zero attached hydrogens (tertiary/aromatic N) is 1. The molecule has 3 aromatic rings. The van der Waals surface area contributed by atoms with Crippen molar-refractivity contribution in [3.63, 3.8) is 0 Å². The first-order valence-corrected chi connectivity index (χ1v) is 11.8. The summed E-state index contributed by atoms with van der Waals surface area (Å²) in [7, 11) is 0. The van der Waals surface area contributed by atoms with E-state index in [1.165, 1.54) is 0 Å². The van der Waals surface area contributed by atoms with Crippen molar-refractivity contribution in [2.24, 2.45) is 5.92 Å². The molecule has 3 saturated heterocycles. The topological polar surface area (TPSA) is 50.8 Å². The highest BCUT2D eigenvalue weighted by Crippen LogP contribution is 2.30. The quantitative estimate of drug-likeness (QED) is 0.548. The van der Waals surface area contributed by atoms with E-state index < -0.39 is 0 Å². The molecule has 3 aliphatic heterocycles. The van der Waals surface area contributed by atoms with E-state index in [9.17, 15) is 4.79 Å². The molecule has 3 fully saturated rings. The van der Waals surface area contributed by atoms with Gasteiger partial charge in [0.2, 0.25) is 0 Å². The number of alkyl carbamates (subject to hydrolysis) is 1. The van der Waals surface area contributed by atoms with Crippen molar-refractivity contribution in [1.82, 2.24) is 10.2 Å². The molecule has 3 aromatic carbocycles. The van der Waals surface area contributed by atoms with Gasteiger partial charge in [0.05, 0.1) is 6.04 Å². The lowest BCUT2D eigenvalue weighted by atomic mass is 9.86. The first-order chi connectivity index (χ1) is 16.2. The summed E-state index contributed by atoms with van der Waals surface area (Å²) in [5.74, 6) is 1.25. The molecule has 3 aliphatic rings. The number of carbonyl (C=O) groups excluding carboxylic acids is 1. The van der Waals surface area contributed by atoms with Crippen LogP contribution in [0.25, 0.3) is 0 Å². The molecule has 1 unspecified atom stereocenters.